The number of benzene rings is 1. The van der Waals surface area contributed by atoms with Gasteiger partial charge in [-0.3, -0.25) is 4.79 Å². The molecule has 4 nitrogen and oxygen atoms in total. The summed E-state index contributed by atoms with van der Waals surface area (Å²) in [6.07, 6.45) is 1.56. The van der Waals surface area contributed by atoms with Crippen LogP contribution in [0.3, 0.4) is 0 Å². The molecule has 1 aliphatic rings. The Hall–Kier alpha value is -1.07. The number of aliphatic hydroxyl groups is 1. The first-order valence-electron chi connectivity index (χ1n) is 6.76. The van der Waals surface area contributed by atoms with Gasteiger partial charge in [0.15, 0.2) is 6.61 Å². The predicted molar refractivity (Wildman–Crippen MR) is 80.8 cm³/mol. The third kappa shape index (κ3) is 3.96. The maximum atomic E-state index is 12.1. The van der Waals surface area contributed by atoms with Gasteiger partial charge in [0.2, 0.25) is 0 Å². The molecule has 0 saturated carbocycles. The number of halogens is 1. The van der Waals surface area contributed by atoms with Crippen molar-refractivity contribution >= 4 is 21.8 Å². The first kappa shape index (κ1) is 15.3. The monoisotopic (exact) mass is 341 g/mol. The van der Waals surface area contributed by atoms with Gasteiger partial charge in [0.1, 0.15) is 5.75 Å². The van der Waals surface area contributed by atoms with Crippen LogP contribution in [0.1, 0.15) is 25.3 Å². The third-order valence-corrected chi connectivity index (χ3v) is 4.09. The summed E-state index contributed by atoms with van der Waals surface area (Å²) < 4.78 is 6.40. The van der Waals surface area contributed by atoms with Crippen LogP contribution in [-0.2, 0) is 4.79 Å². The minimum Gasteiger partial charge on any atom is -0.483 e. The van der Waals surface area contributed by atoms with E-state index < -0.39 is 5.60 Å². The molecule has 1 N–H and O–H groups in total. The van der Waals surface area contributed by atoms with E-state index in [-0.39, 0.29) is 12.5 Å². The molecular weight excluding hydrogens is 322 g/mol. The minimum atomic E-state index is -0.779. The van der Waals surface area contributed by atoms with E-state index in [9.17, 15) is 9.90 Å². The lowest BCUT2D eigenvalue weighted by Gasteiger charge is -2.36. The van der Waals surface area contributed by atoms with Gasteiger partial charge in [-0.15, -0.1) is 0 Å². The van der Waals surface area contributed by atoms with E-state index >= 15 is 0 Å². The van der Waals surface area contributed by atoms with Gasteiger partial charge in [0, 0.05) is 13.1 Å². The zero-order valence-electron chi connectivity index (χ0n) is 11.9. The molecule has 110 valence electrons. The van der Waals surface area contributed by atoms with Crippen molar-refractivity contribution in [3.05, 3.63) is 28.2 Å². The minimum absolute atomic E-state index is 0.00224. The molecule has 1 unspecified atom stereocenters. The molecule has 1 heterocycles. The molecule has 0 bridgehead atoms. The fourth-order valence-electron chi connectivity index (χ4n) is 2.39. The van der Waals surface area contributed by atoms with Gasteiger partial charge >= 0.3 is 0 Å². The number of carbonyl (C=O) groups excluding carboxylic acids is 1. The fourth-order valence-corrected chi connectivity index (χ4v) is 2.99. The number of ether oxygens (including phenoxy) is 1. The normalized spacial score (nSPS) is 22.7. The highest BCUT2D eigenvalue weighted by atomic mass is 79.9. The van der Waals surface area contributed by atoms with Gasteiger partial charge in [-0.1, -0.05) is 6.07 Å². The van der Waals surface area contributed by atoms with Crippen LogP contribution in [0.5, 0.6) is 5.75 Å². The molecule has 0 aliphatic carbocycles. The van der Waals surface area contributed by atoms with Crippen LogP contribution in [0.4, 0.5) is 0 Å². The number of nitrogens with zero attached hydrogens (tertiary/aromatic N) is 1. The fraction of sp³-hybridized carbons (Fsp3) is 0.533. The van der Waals surface area contributed by atoms with Crippen LogP contribution in [-0.4, -0.2) is 41.2 Å². The highest BCUT2D eigenvalue weighted by Gasteiger charge is 2.30. The van der Waals surface area contributed by atoms with Crippen molar-refractivity contribution in [2.45, 2.75) is 32.3 Å². The Morgan fingerprint density at radius 3 is 2.95 bits per heavy atom. The van der Waals surface area contributed by atoms with Gasteiger partial charge in [-0.25, -0.2) is 0 Å². The number of likely N-dealkylation sites (tertiary alicyclic amines) is 1. The molecule has 1 amide bonds. The average molecular weight is 342 g/mol. The van der Waals surface area contributed by atoms with Gasteiger partial charge in [-0.2, -0.15) is 0 Å². The summed E-state index contributed by atoms with van der Waals surface area (Å²) in [4.78, 5) is 13.8. The van der Waals surface area contributed by atoms with E-state index in [1.807, 2.05) is 25.1 Å². The van der Waals surface area contributed by atoms with Crippen molar-refractivity contribution in [3.8, 4) is 5.75 Å². The van der Waals surface area contributed by atoms with E-state index in [0.29, 0.717) is 18.8 Å². The summed E-state index contributed by atoms with van der Waals surface area (Å²) in [7, 11) is 0. The lowest BCUT2D eigenvalue weighted by atomic mass is 9.95. The number of amides is 1. The van der Waals surface area contributed by atoms with Gasteiger partial charge in [0.05, 0.1) is 10.1 Å². The van der Waals surface area contributed by atoms with E-state index in [2.05, 4.69) is 15.9 Å². The summed E-state index contributed by atoms with van der Waals surface area (Å²) >= 11 is 3.42. The van der Waals surface area contributed by atoms with Crippen molar-refractivity contribution in [2.75, 3.05) is 19.7 Å². The van der Waals surface area contributed by atoms with E-state index in [4.69, 9.17) is 4.74 Å². The maximum absolute atomic E-state index is 12.1. The van der Waals surface area contributed by atoms with Crippen molar-refractivity contribution < 1.29 is 14.6 Å². The Morgan fingerprint density at radius 1 is 1.55 bits per heavy atom. The summed E-state index contributed by atoms with van der Waals surface area (Å²) in [6.45, 7) is 4.83. The summed E-state index contributed by atoms with van der Waals surface area (Å²) in [5.74, 6) is 0.574. The molecule has 0 aromatic heterocycles. The molecule has 1 aromatic rings. The second-order valence-electron chi connectivity index (χ2n) is 5.64. The molecule has 0 radical (unpaired) electrons. The summed E-state index contributed by atoms with van der Waals surface area (Å²) in [5, 5.41) is 10.0. The second kappa shape index (κ2) is 6.14. The molecule has 1 saturated heterocycles. The Morgan fingerprint density at radius 2 is 2.30 bits per heavy atom. The lowest BCUT2D eigenvalue weighted by Crippen LogP contribution is -2.49. The Balaban J connectivity index is 1.92. The molecule has 20 heavy (non-hydrogen) atoms. The Kier molecular flexibility index (Phi) is 4.70. The first-order valence-corrected chi connectivity index (χ1v) is 7.56. The molecule has 1 fully saturated rings. The Bertz CT molecular complexity index is 502. The Labute approximate surface area is 127 Å². The molecular formula is C15H20BrNO3. The highest BCUT2D eigenvalue weighted by molar-refractivity contribution is 9.10. The number of β-amino-alcohol motifs (C(OH)–C–C–N with tert-alkyl or cyclic N) is 1. The first-order chi connectivity index (χ1) is 9.37. The van der Waals surface area contributed by atoms with Crippen LogP contribution in [0.25, 0.3) is 0 Å². The van der Waals surface area contributed by atoms with Crippen LogP contribution >= 0.6 is 15.9 Å². The van der Waals surface area contributed by atoms with Crippen LogP contribution in [0, 0.1) is 6.92 Å². The van der Waals surface area contributed by atoms with Crippen molar-refractivity contribution in [1.29, 1.82) is 0 Å². The topological polar surface area (TPSA) is 49.8 Å². The molecule has 0 spiro atoms. The predicted octanol–water partition coefficient (Wildman–Crippen LogP) is 2.51. The van der Waals surface area contributed by atoms with Gasteiger partial charge in [-0.05, 0) is 60.3 Å². The number of hydrogen-bond acceptors (Lipinski definition) is 3. The molecule has 2 rings (SSSR count). The summed E-state index contributed by atoms with van der Waals surface area (Å²) in [5.41, 5.74) is 0.348. The lowest BCUT2D eigenvalue weighted by molar-refractivity contribution is -0.139. The van der Waals surface area contributed by atoms with Gasteiger partial charge < -0.3 is 14.7 Å². The number of hydrogen-bond donors (Lipinski definition) is 1. The highest BCUT2D eigenvalue weighted by Crippen LogP contribution is 2.26. The SMILES string of the molecule is Cc1ccc(OCC(=O)N2CCCC(C)(O)C2)c(Br)c1. The van der Waals surface area contributed by atoms with Crippen molar-refractivity contribution in [3.63, 3.8) is 0 Å². The zero-order valence-corrected chi connectivity index (χ0v) is 13.4. The molecule has 1 aromatic carbocycles. The van der Waals surface area contributed by atoms with E-state index in [1.165, 1.54) is 0 Å². The van der Waals surface area contributed by atoms with Crippen molar-refractivity contribution in [1.82, 2.24) is 4.90 Å². The van der Waals surface area contributed by atoms with Crippen LogP contribution < -0.4 is 4.74 Å². The van der Waals surface area contributed by atoms with Crippen LogP contribution in [0.2, 0.25) is 0 Å². The largest absolute Gasteiger partial charge is 0.483 e. The standard InChI is InChI=1S/C15H20BrNO3/c1-11-4-5-13(12(16)8-11)20-9-14(18)17-7-3-6-15(2,19)10-17/h4-5,8,19H,3,6-7,9-10H2,1-2H3. The van der Waals surface area contributed by atoms with E-state index in [0.717, 1.165) is 22.9 Å². The number of piperidine rings is 1. The van der Waals surface area contributed by atoms with Gasteiger partial charge in [0.25, 0.3) is 5.91 Å². The smallest absolute Gasteiger partial charge is 0.260 e. The molecule has 5 heteroatoms. The number of carbonyl (C=O) groups is 1. The number of rotatable bonds is 3. The average Bonchev–Trinajstić information content (AvgIpc) is 2.36. The molecule has 1 aliphatic heterocycles. The van der Waals surface area contributed by atoms with Crippen molar-refractivity contribution in [2.24, 2.45) is 0 Å². The second-order valence-corrected chi connectivity index (χ2v) is 6.49. The van der Waals surface area contributed by atoms with E-state index in [1.54, 1.807) is 11.8 Å². The zero-order chi connectivity index (χ0) is 14.8. The third-order valence-electron chi connectivity index (χ3n) is 3.47. The quantitative estimate of drug-likeness (QED) is 0.918. The molecule has 1 atom stereocenters. The summed E-state index contributed by atoms with van der Waals surface area (Å²) in [6, 6.07) is 5.74. The number of aryl methyl sites for hydroxylation is 1. The van der Waals surface area contributed by atoms with Crippen LogP contribution in [0.15, 0.2) is 22.7 Å². The maximum Gasteiger partial charge on any atom is 0.260 e.